The molecule has 20 heavy (non-hydrogen) atoms. The van der Waals surface area contributed by atoms with Gasteiger partial charge in [-0.2, -0.15) is 4.98 Å². The van der Waals surface area contributed by atoms with Crippen LogP contribution in [0.5, 0.6) is 0 Å². The standard InChI is InChI=1S/C15H19ClN4/c1-3-17-15-19-11(2)10-14(20-15)18-9-8-12-4-6-13(16)7-5-12/h4-7,10H,3,8-9H2,1-2H3,(H2,17,18,19,20). The van der Waals surface area contributed by atoms with Crippen LogP contribution in [0.1, 0.15) is 18.2 Å². The molecule has 2 rings (SSSR count). The highest BCUT2D eigenvalue weighted by atomic mass is 35.5. The maximum atomic E-state index is 5.87. The zero-order chi connectivity index (χ0) is 14.4. The molecule has 0 amide bonds. The van der Waals surface area contributed by atoms with Crippen molar-refractivity contribution in [3.8, 4) is 0 Å². The van der Waals surface area contributed by atoms with Gasteiger partial charge in [-0.1, -0.05) is 23.7 Å². The second kappa shape index (κ2) is 7.10. The van der Waals surface area contributed by atoms with Gasteiger partial charge in [0.25, 0.3) is 0 Å². The van der Waals surface area contributed by atoms with Crippen molar-refractivity contribution >= 4 is 23.4 Å². The molecule has 0 aliphatic heterocycles. The highest BCUT2D eigenvalue weighted by molar-refractivity contribution is 6.30. The lowest BCUT2D eigenvalue weighted by molar-refractivity contribution is 0.987. The van der Waals surface area contributed by atoms with Crippen LogP contribution in [0.2, 0.25) is 5.02 Å². The second-order valence-electron chi connectivity index (χ2n) is 4.55. The normalized spacial score (nSPS) is 10.3. The Hall–Kier alpha value is -1.81. The zero-order valence-corrected chi connectivity index (χ0v) is 12.5. The van der Waals surface area contributed by atoms with Gasteiger partial charge in [-0.05, 0) is 38.0 Å². The van der Waals surface area contributed by atoms with Gasteiger partial charge in [0.1, 0.15) is 5.82 Å². The van der Waals surface area contributed by atoms with E-state index in [9.17, 15) is 0 Å². The number of hydrogen-bond donors (Lipinski definition) is 2. The minimum atomic E-state index is 0.668. The van der Waals surface area contributed by atoms with E-state index in [1.165, 1.54) is 5.56 Å². The van der Waals surface area contributed by atoms with Crippen LogP contribution >= 0.6 is 11.6 Å². The number of rotatable bonds is 6. The Morgan fingerprint density at radius 2 is 1.85 bits per heavy atom. The van der Waals surface area contributed by atoms with Crippen LogP contribution in [-0.4, -0.2) is 23.1 Å². The lowest BCUT2D eigenvalue weighted by atomic mass is 10.1. The number of nitrogens with zero attached hydrogens (tertiary/aromatic N) is 2. The summed E-state index contributed by atoms with van der Waals surface area (Å²) in [5.74, 6) is 1.52. The van der Waals surface area contributed by atoms with Gasteiger partial charge in [-0.25, -0.2) is 4.98 Å². The average molecular weight is 291 g/mol. The zero-order valence-electron chi connectivity index (χ0n) is 11.8. The molecule has 5 heteroatoms. The van der Waals surface area contributed by atoms with Crippen molar-refractivity contribution in [3.63, 3.8) is 0 Å². The Kier molecular flexibility index (Phi) is 5.18. The Labute approximate surface area is 124 Å². The van der Waals surface area contributed by atoms with Crippen molar-refractivity contribution in [3.05, 3.63) is 46.6 Å². The summed E-state index contributed by atoms with van der Waals surface area (Å²) < 4.78 is 0. The third-order valence-corrected chi connectivity index (χ3v) is 3.07. The van der Waals surface area contributed by atoms with Crippen LogP contribution in [-0.2, 0) is 6.42 Å². The molecule has 0 bridgehead atoms. The summed E-state index contributed by atoms with van der Waals surface area (Å²) in [5.41, 5.74) is 2.20. The van der Waals surface area contributed by atoms with Crippen LogP contribution in [0.4, 0.5) is 11.8 Å². The molecule has 106 valence electrons. The molecule has 2 aromatic rings. The molecule has 0 atom stereocenters. The van der Waals surface area contributed by atoms with Crippen LogP contribution < -0.4 is 10.6 Å². The molecule has 0 saturated heterocycles. The third kappa shape index (κ3) is 4.38. The number of anilines is 2. The Morgan fingerprint density at radius 3 is 2.55 bits per heavy atom. The fourth-order valence-electron chi connectivity index (χ4n) is 1.88. The predicted molar refractivity (Wildman–Crippen MR) is 84.6 cm³/mol. The van der Waals surface area contributed by atoms with E-state index in [0.717, 1.165) is 36.0 Å². The highest BCUT2D eigenvalue weighted by Gasteiger charge is 2.01. The smallest absolute Gasteiger partial charge is 0.224 e. The van der Waals surface area contributed by atoms with E-state index in [0.29, 0.717) is 5.95 Å². The summed E-state index contributed by atoms with van der Waals surface area (Å²) in [6, 6.07) is 9.85. The van der Waals surface area contributed by atoms with Crippen LogP contribution in [0.15, 0.2) is 30.3 Å². The molecule has 0 aliphatic carbocycles. The van der Waals surface area contributed by atoms with Crippen LogP contribution in [0.25, 0.3) is 0 Å². The summed E-state index contributed by atoms with van der Waals surface area (Å²) in [4.78, 5) is 8.74. The van der Waals surface area contributed by atoms with Gasteiger partial charge in [0.2, 0.25) is 5.95 Å². The molecule has 0 radical (unpaired) electrons. The fourth-order valence-corrected chi connectivity index (χ4v) is 2.01. The molecule has 1 heterocycles. The first-order valence-electron chi connectivity index (χ1n) is 6.75. The van der Waals surface area contributed by atoms with Crippen molar-refractivity contribution < 1.29 is 0 Å². The number of halogens is 1. The quantitative estimate of drug-likeness (QED) is 0.854. The SMILES string of the molecule is CCNc1nc(C)cc(NCCc2ccc(Cl)cc2)n1. The lowest BCUT2D eigenvalue weighted by Gasteiger charge is -2.09. The maximum Gasteiger partial charge on any atom is 0.224 e. The summed E-state index contributed by atoms with van der Waals surface area (Å²) in [5, 5.41) is 7.22. The van der Waals surface area contributed by atoms with Gasteiger partial charge < -0.3 is 10.6 Å². The summed E-state index contributed by atoms with van der Waals surface area (Å²) in [6.07, 6.45) is 0.927. The van der Waals surface area contributed by atoms with Gasteiger partial charge >= 0.3 is 0 Å². The maximum absolute atomic E-state index is 5.87. The van der Waals surface area contributed by atoms with E-state index in [2.05, 4.69) is 20.6 Å². The minimum absolute atomic E-state index is 0.668. The van der Waals surface area contributed by atoms with Crippen molar-refractivity contribution in [1.29, 1.82) is 0 Å². The minimum Gasteiger partial charge on any atom is -0.370 e. The summed E-state index contributed by atoms with van der Waals surface area (Å²) in [6.45, 7) is 5.63. The molecule has 0 spiro atoms. The van der Waals surface area contributed by atoms with Crippen LogP contribution in [0, 0.1) is 6.92 Å². The molecule has 4 nitrogen and oxygen atoms in total. The molecular weight excluding hydrogens is 272 g/mol. The van der Waals surface area contributed by atoms with Crippen molar-refractivity contribution in [2.45, 2.75) is 20.3 Å². The highest BCUT2D eigenvalue weighted by Crippen LogP contribution is 2.12. The summed E-state index contributed by atoms with van der Waals surface area (Å²) >= 11 is 5.87. The predicted octanol–water partition coefficient (Wildman–Crippen LogP) is 3.52. The third-order valence-electron chi connectivity index (χ3n) is 2.82. The Balaban J connectivity index is 1.91. The molecule has 0 aliphatic rings. The first-order chi connectivity index (χ1) is 9.67. The number of aryl methyl sites for hydroxylation is 1. The van der Waals surface area contributed by atoms with Gasteiger partial charge in [0.05, 0.1) is 0 Å². The van der Waals surface area contributed by atoms with Crippen LogP contribution in [0.3, 0.4) is 0 Å². The van der Waals surface area contributed by atoms with Crippen molar-refractivity contribution in [2.24, 2.45) is 0 Å². The number of hydrogen-bond acceptors (Lipinski definition) is 4. The monoisotopic (exact) mass is 290 g/mol. The van der Waals surface area contributed by atoms with Gasteiger partial charge in [-0.3, -0.25) is 0 Å². The molecule has 2 N–H and O–H groups in total. The molecular formula is C15H19ClN4. The number of benzene rings is 1. The van der Waals surface area contributed by atoms with Crippen molar-refractivity contribution in [1.82, 2.24) is 9.97 Å². The van der Waals surface area contributed by atoms with E-state index >= 15 is 0 Å². The van der Waals surface area contributed by atoms with E-state index in [4.69, 9.17) is 11.6 Å². The lowest BCUT2D eigenvalue weighted by Crippen LogP contribution is -2.09. The topological polar surface area (TPSA) is 49.8 Å². The largest absolute Gasteiger partial charge is 0.370 e. The fraction of sp³-hybridized carbons (Fsp3) is 0.333. The molecule has 0 saturated carbocycles. The Morgan fingerprint density at radius 1 is 1.10 bits per heavy atom. The van der Waals surface area contributed by atoms with Gasteiger partial charge in [0.15, 0.2) is 0 Å². The number of aromatic nitrogens is 2. The first kappa shape index (κ1) is 14.6. The van der Waals surface area contributed by atoms with E-state index < -0.39 is 0 Å². The Bertz CT molecular complexity index is 554. The van der Waals surface area contributed by atoms with E-state index in [1.54, 1.807) is 0 Å². The van der Waals surface area contributed by atoms with E-state index in [-0.39, 0.29) is 0 Å². The average Bonchev–Trinajstić information content (AvgIpc) is 2.41. The summed E-state index contributed by atoms with van der Waals surface area (Å²) in [7, 11) is 0. The van der Waals surface area contributed by atoms with Crippen molar-refractivity contribution in [2.75, 3.05) is 23.7 Å². The molecule has 1 aromatic heterocycles. The first-order valence-corrected chi connectivity index (χ1v) is 7.13. The molecule has 1 aromatic carbocycles. The molecule has 0 unspecified atom stereocenters. The molecule has 0 fully saturated rings. The van der Waals surface area contributed by atoms with E-state index in [1.807, 2.05) is 44.2 Å². The number of nitrogens with one attached hydrogen (secondary N) is 2. The van der Waals surface area contributed by atoms with Gasteiger partial charge in [0, 0.05) is 29.9 Å². The second-order valence-corrected chi connectivity index (χ2v) is 4.99. The van der Waals surface area contributed by atoms with Gasteiger partial charge in [-0.15, -0.1) is 0 Å².